The van der Waals surface area contributed by atoms with Crippen molar-refractivity contribution in [2.45, 2.75) is 64.0 Å². The highest BCUT2D eigenvalue weighted by atomic mass is 16.5. The van der Waals surface area contributed by atoms with E-state index >= 15 is 0 Å². The quantitative estimate of drug-likeness (QED) is 0.641. The number of ether oxygens (including phenoxy) is 1. The zero-order valence-electron chi connectivity index (χ0n) is 15.4. The maximum Gasteiger partial charge on any atom is 0.142 e. The van der Waals surface area contributed by atoms with Crippen LogP contribution in [0.5, 0.6) is 5.75 Å². The number of hydrogen-bond acceptors (Lipinski definition) is 3. The molecule has 23 heavy (non-hydrogen) atoms. The van der Waals surface area contributed by atoms with E-state index in [0.717, 1.165) is 24.3 Å². The molecule has 1 saturated carbocycles. The van der Waals surface area contributed by atoms with Crippen molar-refractivity contribution in [3.63, 3.8) is 0 Å². The number of nitrogen functional groups attached to an aromatic ring is 1. The van der Waals surface area contributed by atoms with Crippen LogP contribution in [0.3, 0.4) is 0 Å². The molecule has 0 aromatic heterocycles. The molecule has 0 aliphatic heterocycles. The summed E-state index contributed by atoms with van der Waals surface area (Å²) in [5.74, 6) is 1.41. The summed E-state index contributed by atoms with van der Waals surface area (Å²) < 4.78 is 5.88. The second kappa shape index (κ2) is 6.96. The lowest BCUT2D eigenvalue weighted by atomic mass is 9.73. The number of aryl methyl sites for hydroxylation is 1. The van der Waals surface area contributed by atoms with Gasteiger partial charge in [0.1, 0.15) is 5.75 Å². The highest BCUT2D eigenvalue weighted by Crippen LogP contribution is 2.43. The predicted molar refractivity (Wildman–Crippen MR) is 99.2 cm³/mol. The summed E-state index contributed by atoms with van der Waals surface area (Å²) in [5.41, 5.74) is 9.69. The van der Waals surface area contributed by atoms with Crippen molar-refractivity contribution in [3.8, 4) is 5.75 Å². The van der Waals surface area contributed by atoms with Crippen LogP contribution in [0.1, 0.15) is 56.6 Å². The van der Waals surface area contributed by atoms with Crippen molar-refractivity contribution in [3.05, 3.63) is 35.9 Å². The Morgan fingerprint density at radius 2 is 1.91 bits per heavy atom. The van der Waals surface area contributed by atoms with Gasteiger partial charge in [-0.15, -0.1) is 6.58 Å². The molecule has 128 valence electrons. The van der Waals surface area contributed by atoms with Gasteiger partial charge in [-0.1, -0.05) is 6.08 Å². The van der Waals surface area contributed by atoms with Gasteiger partial charge in [-0.2, -0.15) is 0 Å². The fourth-order valence-electron chi connectivity index (χ4n) is 3.78. The molecule has 1 aromatic carbocycles. The molecular weight excluding hydrogens is 284 g/mol. The van der Waals surface area contributed by atoms with Crippen LogP contribution in [0.25, 0.3) is 0 Å². The smallest absolute Gasteiger partial charge is 0.142 e. The maximum atomic E-state index is 6.13. The average molecular weight is 316 g/mol. The highest BCUT2D eigenvalue weighted by Gasteiger charge is 2.35. The van der Waals surface area contributed by atoms with Crippen LogP contribution in [-0.4, -0.2) is 30.6 Å². The number of hydrogen-bond donors (Lipinski definition) is 1. The summed E-state index contributed by atoms with van der Waals surface area (Å²) >= 11 is 0. The third kappa shape index (κ3) is 3.72. The van der Waals surface area contributed by atoms with Gasteiger partial charge in [0.05, 0.1) is 11.8 Å². The molecule has 0 radical (unpaired) electrons. The summed E-state index contributed by atoms with van der Waals surface area (Å²) in [4.78, 5) is 2.32. The number of likely N-dealkylation sites (N-methyl/N-ethyl adjacent to an activating group) is 1. The van der Waals surface area contributed by atoms with Crippen LogP contribution in [-0.2, 0) is 0 Å². The van der Waals surface area contributed by atoms with Crippen molar-refractivity contribution < 1.29 is 4.74 Å². The Labute approximate surface area is 141 Å². The third-order valence-corrected chi connectivity index (χ3v) is 5.32. The third-order valence-electron chi connectivity index (χ3n) is 5.32. The van der Waals surface area contributed by atoms with Crippen LogP contribution in [0.2, 0.25) is 0 Å². The Bertz CT molecular complexity index is 555. The molecule has 0 bridgehead atoms. The molecule has 0 unspecified atom stereocenters. The average Bonchev–Trinajstić information content (AvgIpc) is 2.49. The highest BCUT2D eigenvalue weighted by molar-refractivity contribution is 5.57. The molecule has 1 aliphatic rings. The molecule has 3 nitrogen and oxygen atoms in total. The Morgan fingerprint density at radius 3 is 2.39 bits per heavy atom. The van der Waals surface area contributed by atoms with Crippen LogP contribution in [0, 0.1) is 6.92 Å². The van der Waals surface area contributed by atoms with Gasteiger partial charge in [-0.25, -0.2) is 0 Å². The Balaban J connectivity index is 2.22. The number of nitrogens with two attached hydrogens (primary N) is 1. The van der Waals surface area contributed by atoms with Gasteiger partial charge < -0.3 is 15.4 Å². The molecule has 0 amide bonds. The lowest BCUT2D eigenvalue weighted by molar-refractivity contribution is 0.141. The monoisotopic (exact) mass is 316 g/mol. The fourth-order valence-corrected chi connectivity index (χ4v) is 3.78. The lowest BCUT2D eigenvalue weighted by Gasteiger charge is -2.43. The van der Waals surface area contributed by atoms with E-state index < -0.39 is 0 Å². The van der Waals surface area contributed by atoms with Crippen molar-refractivity contribution in [2.24, 2.45) is 0 Å². The van der Waals surface area contributed by atoms with E-state index in [1.807, 2.05) is 13.8 Å². The van der Waals surface area contributed by atoms with Crippen molar-refractivity contribution in [1.29, 1.82) is 0 Å². The summed E-state index contributed by atoms with van der Waals surface area (Å²) in [5, 5.41) is 0. The first kappa shape index (κ1) is 17.9. The standard InChI is InChI=1S/C20H32N2O/c1-7-20(22(5)6)10-8-16(9-11-20)17-13-19(23-14(2)3)18(21)12-15(17)4/h7,12-14,16H,1,8-11,21H2,2-6H3/t16-,20+. The van der Waals surface area contributed by atoms with Gasteiger partial charge in [0.2, 0.25) is 0 Å². The molecule has 2 N–H and O–H groups in total. The summed E-state index contributed by atoms with van der Waals surface area (Å²) in [7, 11) is 4.32. The summed E-state index contributed by atoms with van der Waals surface area (Å²) in [6.45, 7) is 10.3. The first-order chi connectivity index (χ1) is 10.8. The van der Waals surface area contributed by atoms with Gasteiger partial charge in [0, 0.05) is 5.54 Å². The molecule has 0 saturated heterocycles. The first-order valence-corrected chi connectivity index (χ1v) is 8.67. The number of nitrogens with zero attached hydrogens (tertiary/aromatic N) is 1. The zero-order chi connectivity index (χ0) is 17.2. The number of anilines is 1. The van der Waals surface area contributed by atoms with E-state index in [-0.39, 0.29) is 11.6 Å². The van der Waals surface area contributed by atoms with E-state index in [2.05, 4.69) is 50.7 Å². The lowest BCUT2D eigenvalue weighted by Crippen LogP contribution is -2.44. The van der Waals surface area contributed by atoms with E-state index in [1.54, 1.807) is 0 Å². The van der Waals surface area contributed by atoms with Gasteiger partial charge in [0.25, 0.3) is 0 Å². The molecule has 0 heterocycles. The van der Waals surface area contributed by atoms with E-state index in [4.69, 9.17) is 10.5 Å². The second-order valence-electron chi connectivity index (χ2n) is 7.39. The van der Waals surface area contributed by atoms with Gasteiger partial charge in [-0.05, 0) is 89.7 Å². The molecular formula is C20H32N2O. The molecule has 1 aliphatic carbocycles. The summed E-state index contributed by atoms with van der Waals surface area (Å²) in [6, 6.07) is 4.24. The molecule has 3 heteroatoms. The minimum atomic E-state index is 0.140. The van der Waals surface area contributed by atoms with Gasteiger partial charge in [-0.3, -0.25) is 0 Å². The first-order valence-electron chi connectivity index (χ1n) is 8.67. The van der Waals surface area contributed by atoms with Gasteiger partial charge in [0.15, 0.2) is 0 Å². The maximum absolute atomic E-state index is 6.13. The van der Waals surface area contributed by atoms with E-state index in [0.29, 0.717) is 5.92 Å². The minimum Gasteiger partial charge on any atom is -0.489 e. The van der Waals surface area contributed by atoms with Crippen molar-refractivity contribution in [2.75, 3.05) is 19.8 Å². The molecule has 0 atom stereocenters. The van der Waals surface area contributed by atoms with Crippen molar-refractivity contribution >= 4 is 5.69 Å². The Hall–Kier alpha value is -1.48. The molecule has 1 fully saturated rings. The van der Waals surface area contributed by atoms with Crippen LogP contribution < -0.4 is 10.5 Å². The van der Waals surface area contributed by atoms with E-state index in [1.165, 1.54) is 24.0 Å². The Morgan fingerprint density at radius 1 is 1.30 bits per heavy atom. The van der Waals surface area contributed by atoms with Gasteiger partial charge >= 0.3 is 0 Å². The second-order valence-corrected chi connectivity index (χ2v) is 7.39. The van der Waals surface area contributed by atoms with Crippen LogP contribution in [0.4, 0.5) is 5.69 Å². The van der Waals surface area contributed by atoms with Crippen LogP contribution >= 0.6 is 0 Å². The number of benzene rings is 1. The number of rotatable bonds is 5. The zero-order valence-corrected chi connectivity index (χ0v) is 15.4. The molecule has 1 aromatic rings. The summed E-state index contributed by atoms with van der Waals surface area (Å²) in [6.07, 6.45) is 6.93. The largest absolute Gasteiger partial charge is 0.489 e. The molecule has 0 spiro atoms. The van der Waals surface area contributed by atoms with E-state index in [9.17, 15) is 0 Å². The minimum absolute atomic E-state index is 0.140. The topological polar surface area (TPSA) is 38.5 Å². The normalized spacial score (nSPS) is 24.9. The van der Waals surface area contributed by atoms with Crippen LogP contribution in [0.15, 0.2) is 24.8 Å². The predicted octanol–water partition coefficient (Wildman–Crippen LogP) is 4.51. The van der Waals surface area contributed by atoms with Crippen molar-refractivity contribution in [1.82, 2.24) is 4.90 Å². The SMILES string of the molecule is C=C[C@]1(N(C)C)CC[C@@H](c2cc(OC(C)C)c(N)cc2C)CC1. The fraction of sp³-hybridized carbons (Fsp3) is 0.600. The Kier molecular flexibility index (Phi) is 5.41. The molecule has 2 rings (SSSR count).